The topological polar surface area (TPSA) is 65.2 Å². The fraction of sp³-hybridized carbons (Fsp3) is 0.400. The van der Waals surface area contributed by atoms with E-state index in [2.05, 4.69) is 9.55 Å². The first-order valence-electron chi connectivity index (χ1n) is 7.12. The van der Waals surface area contributed by atoms with Crippen LogP contribution < -0.4 is 15.2 Å². The average molecular weight is 376 g/mol. The van der Waals surface area contributed by atoms with Crippen molar-refractivity contribution in [2.75, 3.05) is 20.3 Å². The Bertz CT molecular complexity index is 745. The number of benzene rings is 1. The quantitative estimate of drug-likeness (QED) is 0.804. The SMILES string of the molecule is COc1cc(Cl)cc2c1OC[C@H](n1c(CCN)c[nH]c1=S)C2.Cl. The minimum atomic E-state index is 0. The highest BCUT2D eigenvalue weighted by molar-refractivity contribution is 7.71. The summed E-state index contributed by atoms with van der Waals surface area (Å²) >= 11 is 11.6. The molecule has 5 nitrogen and oxygen atoms in total. The maximum atomic E-state index is 6.16. The molecule has 0 radical (unpaired) electrons. The minimum Gasteiger partial charge on any atom is -0.493 e. The number of fused-ring (bicyclic) bond motifs is 1. The highest BCUT2D eigenvalue weighted by atomic mass is 35.5. The van der Waals surface area contributed by atoms with Crippen LogP contribution in [-0.4, -0.2) is 29.8 Å². The van der Waals surface area contributed by atoms with Gasteiger partial charge in [0.25, 0.3) is 0 Å². The molecule has 0 saturated heterocycles. The summed E-state index contributed by atoms with van der Waals surface area (Å²) in [6.07, 6.45) is 3.48. The second kappa shape index (κ2) is 7.57. The van der Waals surface area contributed by atoms with E-state index in [-0.39, 0.29) is 18.4 Å². The Morgan fingerprint density at radius 3 is 3.00 bits per heavy atom. The summed E-state index contributed by atoms with van der Waals surface area (Å²) in [7, 11) is 1.61. The first-order chi connectivity index (χ1) is 10.6. The van der Waals surface area contributed by atoms with Gasteiger partial charge in [-0.1, -0.05) is 11.6 Å². The van der Waals surface area contributed by atoms with Gasteiger partial charge in [-0.25, -0.2) is 0 Å². The van der Waals surface area contributed by atoms with Gasteiger partial charge in [0.1, 0.15) is 6.61 Å². The Balaban J connectivity index is 0.00000192. The summed E-state index contributed by atoms with van der Waals surface area (Å²) in [6.45, 7) is 1.12. The Kier molecular flexibility index (Phi) is 5.97. The number of nitrogens with zero attached hydrogens (tertiary/aromatic N) is 1. The van der Waals surface area contributed by atoms with Crippen molar-refractivity contribution in [3.63, 3.8) is 0 Å². The number of methoxy groups -OCH3 is 1. The number of nitrogens with one attached hydrogen (secondary N) is 1. The highest BCUT2D eigenvalue weighted by Crippen LogP contribution is 2.40. The lowest BCUT2D eigenvalue weighted by Gasteiger charge is -2.28. The van der Waals surface area contributed by atoms with Crippen LogP contribution in [-0.2, 0) is 12.8 Å². The van der Waals surface area contributed by atoms with Crippen LogP contribution >= 0.6 is 36.2 Å². The van der Waals surface area contributed by atoms with Gasteiger partial charge >= 0.3 is 0 Å². The molecule has 1 aliphatic heterocycles. The van der Waals surface area contributed by atoms with E-state index in [0.717, 1.165) is 29.8 Å². The van der Waals surface area contributed by atoms with Gasteiger partial charge < -0.3 is 24.8 Å². The van der Waals surface area contributed by atoms with E-state index in [1.54, 1.807) is 13.2 Å². The standard InChI is InChI=1S/C15H18ClN3O2S.ClH/c1-20-13-6-10(16)4-9-5-12(8-21-14(9)13)19-11(2-3-17)7-18-15(19)22;/h4,6-7,12H,2-3,5,8,17H2,1H3,(H,18,22);1H/t12-;/m1./s1. The summed E-state index contributed by atoms with van der Waals surface area (Å²) in [5.41, 5.74) is 7.80. The van der Waals surface area contributed by atoms with Gasteiger partial charge in [-0.2, -0.15) is 0 Å². The maximum absolute atomic E-state index is 6.16. The van der Waals surface area contributed by atoms with Crippen LogP contribution in [0.2, 0.25) is 5.02 Å². The molecule has 0 spiro atoms. The van der Waals surface area contributed by atoms with E-state index in [4.69, 9.17) is 39.0 Å². The van der Waals surface area contributed by atoms with Crippen molar-refractivity contribution < 1.29 is 9.47 Å². The van der Waals surface area contributed by atoms with E-state index in [0.29, 0.717) is 28.7 Å². The third kappa shape index (κ3) is 3.50. The Morgan fingerprint density at radius 2 is 2.30 bits per heavy atom. The number of halogens is 2. The zero-order valence-corrected chi connectivity index (χ0v) is 15.1. The van der Waals surface area contributed by atoms with Gasteiger partial charge in [0.05, 0.1) is 13.2 Å². The molecule has 0 saturated carbocycles. The molecule has 23 heavy (non-hydrogen) atoms. The normalized spacial score (nSPS) is 16.2. The van der Waals surface area contributed by atoms with E-state index < -0.39 is 0 Å². The lowest BCUT2D eigenvalue weighted by Crippen LogP contribution is -2.26. The van der Waals surface area contributed by atoms with Gasteiger partial charge in [0.15, 0.2) is 16.3 Å². The molecule has 2 heterocycles. The first-order valence-corrected chi connectivity index (χ1v) is 7.90. The molecule has 2 aromatic rings. The first kappa shape index (κ1) is 18.1. The molecule has 1 aromatic heterocycles. The summed E-state index contributed by atoms with van der Waals surface area (Å²) in [5.74, 6) is 1.44. The summed E-state index contributed by atoms with van der Waals surface area (Å²) in [6, 6.07) is 3.81. The lowest BCUT2D eigenvalue weighted by molar-refractivity contribution is 0.211. The second-order valence-electron chi connectivity index (χ2n) is 5.26. The summed E-state index contributed by atoms with van der Waals surface area (Å²) < 4.78 is 14.1. The Hall–Kier alpha value is -1.21. The Labute approximate surface area is 151 Å². The molecule has 0 unspecified atom stereocenters. The number of hydrogen-bond acceptors (Lipinski definition) is 4. The van der Waals surface area contributed by atoms with Crippen LogP contribution in [0.1, 0.15) is 17.3 Å². The van der Waals surface area contributed by atoms with Gasteiger partial charge in [0.2, 0.25) is 0 Å². The van der Waals surface area contributed by atoms with Gasteiger partial charge in [-0.3, -0.25) is 0 Å². The van der Waals surface area contributed by atoms with Crippen molar-refractivity contribution in [2.45, 2.75) is 18.9 Å². The average Bonchev–Trinajstić information content (AvgIpc) is 2.87. The molecule has 3 N–H and O–H groups in total. The molecule has 3 rings (SSSR count). The fourth-order valence-electron chi connectivity index (χ4n) is 2.90. The maximum Gasteiger partial charge on any atom is 0.177 e. The number of H-pyrrole nitrogens is 1. The number of ether oxygens (including phenoxy) is 2. The van der Waals surface area contributed by atoms with Crippen LogP contribution in [0, 0.1) is 4.77 Å². The highest BCUT2D eigenvalue weighted by Gasteiger charge is 2.26. The molecule has 1 atom stereocenters. The molecule has 0 bridgehead atoms. The van der Waals surface area contributed by atoms with E-state index in [1.165, 1.54) is 0 Å². The molecule has 0 amide bonds. The minimum absolute atomic E-state index is 0. The van der Waals surface area contributed by atoms with E-state index in [9.17, 15) is 0 Å². The van der Waals surface area contributed by atoms with Crippen molar-refractivity contribution in [2.24, 2.45) is 5.73 Å². The lowest BCUT2D eigenvalue weighted by atomic mass is 10.0. The van der Waals surface area contributed by atoms with E-state index in [1.807, 2.05) is 12.3 Å². The third-order valence-corrected chi connectivity index (χ3v) is 4.38. The molecule has 1 aromatic carbocycles. The van der Waals surface area contributed by atoms with Crippen LogP contribution in [0.3, 0.4) is 0 Å². The molecule has 126 valence electrons. The van der Waals surface area contributed by atoms with Gasteiger partial charge in [0, 0.05) is 41.4 Å². The van der Waals surface area contributed by atoms with E-state index >= 15 is 0 Å². The van der Waals surface area contributed by atoms with Crippen LogP contribution in [0.25, 0.3) is 0 Å². The molecule has 8 heteroatoms. The predicted molar refractivity (Wildman–Crippen MR) is 95.9 cm³/mol. The monoisotopic (exact) mass is 375 g/mol. The molecule has 1 aliphatic rings. The van der Waals surface area contributed by atoms with Gasteiger partial charge in [-0.05, 0) is 24.8 Å². The van der Waals surface area contributed by atoms with Gasteiger partial charge in [-0.15, -0.1) is 12.4 Å². The van der Waals surface area contributed by atoms with Crippen LogP contribution in [0.4, 0.5) is 0 Å². The van der Waals surface area contributed by atoms with Crippen molar-refractivity contribution in [1.82, 2.24) is 9.55 Å². The largest absolute Gasteiger partial charge is 0.493 e. The third-order valence-electron chi connectivity index (χ3n) is 3.85. The Morgan fingerprint density at radius 1 is 1.52 bits per heavy atom. The number of aromatic nitrogens is 2. The smallest absolute Gasteiger partial charge is 0.177 e. The molecular formula is C15H19Cl2N3O2S. The second-order valence-corrected chi connectivity index (χ2v) is 6.08. The molecule has 0 fully saturated rings. The van der Waals surface area contributed by atoms with Crippen LogP contribution in [0.5, 0.6) is 11.5 Å². The summed E-state index contributed by atoms with van der Waals surface area (Å²) in [5, 5.41) is 0.639. The van der Waals surface area contributed by atoms with Crippen LogP contribution in [0.15, 0.2) is 18.3 Å². The zero-order valence-electron chi connectivity index (χ0n) is 12.7. The predicted octanol–water partition coefficient (Wildman–Crippen LogP) is 3.31. The number of rotatable bonds is 4. The number of hydrogen-bond donors (Lipinski definition) is 2. The molecule has 0 aliphatic carbocycles. The fourth-order valence-corrected chi connectivity index (χ4v) is 3.46. The number of aromatic amines is 1. The molecular weight excluding hydrogens is 357 g/mol. The number of nitrogens with two attached hydrogens (primary N) is 1. The van der Waals surface area contributed by atoms with Crippen molar-refractivity contribution >= 4 is 36.2 Å². The number of imidazole rings is 1. The van der Waals surface area contributed by atoms with Crippen molar-refractivity contribution in [3.05, 3.63) is 39.4 Å². The van der Waals surface area contributed by atoms with Crippen molar-refractivity contribution in [3.8, 4) is 11.5 Å². The van der Waals surface area contributed by atoms with Crippen molar-refractivity contribution in [1.29, 1.82) is 0 Å². The summed E-state index contributed by atoms with van der Waals surface area (Å²) in [4.78, 5) is 3.09. The zero-order chi connectivity index (χ0) is 15.7.